The molecule has 0 aliphatic carbocycles. The van der Waals surface area contributed by atoms with Gasteiger partial charge in [-0.05, 0) is 0 Å². The Labute approximate surface area is 48.9 Å². The number of hydrogen-bond donors (Lipinski definition) is 0. The predicted octanol–water partition coefficient (Wildman–Crippen LogP) is -0.990. The molecule has 36 valence electrons. The van der Waals surface area contributed by atoms with Crippen molar-refractivity contribution in [1.29, 1.82) is 0 Å². The van der Waals surface area contributed by atoms with Crippen LogP contribution >= 0.6 is 0 Å². The van der Waals surface area contributed by atoms with Crippen LogP contribution in [0, 0.1) is 12.8 Å². The molecular weight excluding hydrogens is 80.5 g/mol. The van der Waals surface area contributed by atoms with Crippen LogP contribution in [0.2, 0.25) is 6.32 Å². The molecule has 0 aliphatic heterocycles. The van der Waals surface area contributed by atoms with Crippen LogP contribution in [0.4, 0.5) is 0 Å². The van der Waals surface area contributed by atoms with Crippen molar-refractivity contribution in [2.75, 3.05) is 0 Å². The summed E-state index contributed by atoms with van der Waals surface area (Å²) < 4.78 is 0. The van der Waals surface area contributed by atoms with Gasteiger partial charge in [-0.1, -0.05) is 13.2 Å². The van der Waals surface area contributed by atoms with Gasteiger partial charge in [0.1, 0.15) is 0 Å². The van der Waals surface area contributed by atoms with Gasteiger partial charge in [-0.15, -0.1) is 12.8 Å². The Kier molecular flexibility index (Phi) is 24.2. The molecule has 0 aliphatic rings. The van der Waals surface area contributed by atoms with Crippen molar-refractivity contribution in [3.63, 3.8) is 0 Å². The maximum absolute atomic E-state index is 4.00. The summed E-state index contributed by atoms with van der Waals surface area (Å²) in [6, 6.07) is 0. The molecule has 0 aromatic carbocycles. The fourth-order valence-corrected chi connectivity index (χ4v) is 0.354. The maximum atomic E-state index is 4.00. The molecule has 0 amide bonds. The number of rotatable bonds is 2. The zero-order chi connectivity index (χ0) is 6.12. The summed E-state index contributed by atoms with van der Waals surface area (Å²) in [6.45, 7) is 2.21. The van der Waals surface area contributed by atoms with Gasteiger partial charge < -0.3 is 0 Å². The first-order chi connectivity index (χ1) is 3.41. The van der Waals surface area contributed by atoms with E-state index in [-0.39, 0.29) is 0 Å². The summed E-state index contributed by atoms with van der Waals surface area (Å²) in [5.41, 5.74) is 0. The lowest BCUT2D eigenvalue weighted by atomic mass is 9.27. The summed E-state index contributed by atoms with van der Waals surface area (Å²) >= 11 is 0. The summed E-state index contributed by atoms with van der Waals surface area (Å²) in [5, 5.41) is 0. The molecule has 0 heterocycles. The normalized spacial score (nSPS) is 5.00. The molecule has 0 saturated heterocycles. The van der Waals surface area contributed by atoms with Gasteiger partial charge in [-0.2, -0.15) is 0 Å². The van der Waals surface area contributed by atoms with Gasteiger partial charge in [-0.25, -0.2) is 0 Å². The predicted molar refractivity (Wildman–Crippen MR) is 43.2 cm³/mol. The Morgan fingerprint density at radius 2 is 2.00 bits per heavy atom. The summed E-state index contributed by atoms with van der Waals surface area (Å²) in [5.74, 6) is 0. The second-order valence-corrected chi connectivity index (χ2v) is 1.35. The molecule has 0 fully saturated rings. The van der Waals surface area contributed by atoms with E-state index < -0.39 is 0 Å². The molecule has 0 N–H and O–H groups in total. The van der Waals surface area contributed by atoms with Crippen LogP contribution in [-0.2, 0) is 0 Å². The second kappa shape index (κ2) is 17.1. The van der Waals surface area contributed by atoms with Crippen LogP contribution < -0.4 is 0 Å². The Hall–Kier alpha value is -0.245. The van der Waals surface area contributed by atoms with Crippen LogP contribution in [0.3, 0.4) is 0 Å². The van der Waals surface area contributed by atoms with Crippen molar-refractivity contribution in [1.82, 2.24) is 0 Å². The average Bonchev–Trinajstić information content (AvgIpc) is 1.75. The van der Waals surface area contributed by atoms with Crippen LogP contribution in [0.25, 0.3) is 0 Å². The van der Waals surface area contributed by atoms with Gasteiger partial charge in [0.05, 0.1) is 22.0 Å². The molecule has 0 rings (SSSR count). The van der Waals surface area contributed by atoms with E-state index in [1.807, 2.05) is 0 Å². The highest BCUT2D eigenvalue weighted by Crippen LogP contribution is 1.63. The highest BCUT2D eigenvalue weighted by Gasteiger charge is 1.75. The molecule has 0 spiro atoms. The third-order valence-corrected chi connectivity index (χ3v) is 0.707. The molecule has 0 aromatic rings. The van der Waals surface area contributed by atoms with Gasteiger partial charge in [0, 0.05) is 0 Å². The number of terminal acetylenes is 1. The highest BCUT2D eigenvalue weighted by atomic mass is 13.3. The van der Waals surface area contributed by atoms with Crippen LogP contribution in [-0.4, -0.2) is 22.0 Å². The van der Waals surface area contributed by atoms with E-state index in [0.29, 0.717) is 0 Å². The average molecular weight is 91.6 g/mol. The molecule has 3 heteroatoms. The van der Waals surface area contributed by atoms with E-state index in [1.165, 1.54) is 20.6 Å². The highest BCUT2D eigenvalue weighted by molar-refractivity contribution is 7.23. The lowest BCUT2D eigenvalue weighted by Crippen LogP contribution is -1.98. The van der Waals surface area contributed by atoms with Crippen molar-refractivity contribution in [3.8, 4) is 12.8 Å². The van der Waals surface area contributed by atoms with Crippen molar-refractivity contribution in [2.45, 2.75) is 13.2 Å². The maximum Gasteiger partial charge on any atom is 0.0776 e. The second-order valence-electron chi connectivity index (χ2n) is 1.35. The molecular formula is C4H11B3. The van der Waals surface area contributed by atoms with Crippen molar-refractivity contribution >= 4 is 22.0 Å². The molecule has 0 bridgehead atoms. The van der Waals surface area contributed by atoms with Gasteiger partial charge in [0.25, 0.3) is 0 Å². The monoisotopic (exact) mass is 92.1 g/mol. The minimum absolute atomic E-state index is 1.34. The standard InChI is InChI=1S/C2H9B3.C2H2/c1-2-4-5-3;1-2/h4-5H,2-3H2,1H3;1-2H. The lowest BCUT2D eigenvalue weighted by Gasteiger charge is -1.72. The molecule has 0 aromatic heterocycles. The number of hydrogen-bond acceptors (Lipinski definition) is 0. The minimum Gasteiger partial charge on any atom is -0.124 e. The smallest absolute Gasteiger partial charge is 0.0776 e. The largest absolute Gasteiger partial charge is 0.124 e. The Bertz CT molecular complexity index is 31.2. The van der Waals surface area contributed by atoms with Gasteiger partial charge >= 0.3 is 0 Å². The molecule has 0 saturated carbocycles. The third-order valence-electron chi connectivity index (χ3n) is 0.707. The first-order valence-electron chi connectivity index (χ1n) is 2.75. The quantitative estimate of drug-likeness (QED) is 0.303. The fraction of sp³-hybridized carbons (Fsp3) is 0.500. The fourth-order valence-electron chi connectivity index (χ4n) is 0.354. The molecule has 7 heavy (non-hydrogen) atoms. The van der Waals surface area contributed by atoms with Crippen LogP contribution in [0.5, 0.6) is 0 Å². The Morgan fingerprint density at radius 3 is 2.00 bits per heavy atom. The van der Waals surface area contributed by atoms with E-state index in [0.717, 1.165) is 0 Å². The van der Waals surface area contributed by atoms with E-state index in [4.69, 9.17) is 0 Å². The summed E-state index contributed by atoms with van der Waals surface area (Å²) in [7, 11) is 4.94. The molecule has 0 nitrogen and oxygen atoms in total. The van der Waals surface area contributed by atoms with Crippen molar-refractivity contribution < 1.29 is 0 Å². The summed E-state index contributed by atoms with van der Waals surface area (Å²) in [6.07, 6.45) is 9.34. The third kappa shape index (κ3) is 26.3. The van der Waals surface area contributed by atoms with Gasteiger partial charge in [-0.3, -0.25) is 0 Å². The Balaban J connectivity index is 0. The van der Waals surface area contributed by atoms with E-state index >= 15 is 0 Å². The molecule has 0 atom stereocenters. The van der Waals surface area contributed by atoms with E-state index in [9.17, 15) is 0 Å². The van der Waals surface area contributed by atoms with Gasteiger partial charge in [0.15, 0.2) is 0 Å². The zero-order valence-electron chi connectivity index (χ0n) is 5.28. The zero-order valence-corrected chi connectivity index (χ0v) is 5.28. The molecule has 0 radical (unpaired) electrons. The van der Waals surface area contributed by atoms with Gasteiger partial charge in [0.2, 0.25) is 0 Å². The summed E-state index contributed by atoms with van der Waals surface area (Å²) in [4.78, 5) is 0. The topological polar surface area (TPSA) is 0 Å². The molecule has 0 unspecified atom stereocenters. The minimum atomic E-state index is 1.34. The SMILES string of the molecule is BBBCC.C#C. The van der Waals surface area contributed by atoms with E-state index in [2.05, 4.69) is 27.5 Å². The van der Waals surface area contributed by atoms with Crippen molar-refractivity contribution in [2.24, 2.45) is 0 Å². The Morgan fingerprint density at radius 1 is 1.57 bits per heavy atom. The first-order valence-corrected chi connectivity index (χ1v) is 2.75. The lowest BCUT2D eigenvalue weighted by molar-refractivity contribution is 1.47. The van der Waals surface area contributed by atoms with Crippen LogP contribution in [0.15, 0.2) is 0 Å². The van der Waals surface area contributed by atoms with E-state index in [1.54, 1.807) is 0 Å². The van der Waals surface area contributed by atoms with Crippen LogP contribution in [0.1, 0.15) is 6.92 Å². The van der Waals surface area contributed by atoms with Crippen molar-refractivity contribution in [3.05, 3.63) is 0 Å². The first kappa shape index (κ1) is 9.89.